The first kappa shape index (κ1) is 11.1. The van der Waals surface area contributed by atoms with Crippen molar-refractivity contribution < 1.29 is 9.53 Å². The predicted molar refractivity (Wildman–Crippen MR) is 56.2 cm³/mol. The van der Waals surface area contributed by atoms with Crippen molar-refractivity contribution in [3.05, 3.63) is 12.2 Å². The van der Waals surface area contributed by atoms with Crippen LogP contribution in [-0.2, 0) is 4.74 Å². The van der Waals surface area contributed by atoms with E-state index in [4.69, 9.17) is 4.74 Å². The average Bonchev–Trinajstić information content (AvgIpc) is 2.19. The van der Waals surface area contributed by atoms with Crippen LogP contribution in [0.3, 0.4) is 0 Å². The van der Waals surface area contributed by atoms with Gasteiger partial charge in [-0.15, -0.1) is 0 Å². The molecule has 0 aromatic rings. The summed E-state index contributed by atoms with van der Waals surface area (Å²) in [6.45, 7) is 8.07. The number of piperidine rings is 1. The fourth-order valence-electron chi connectivity index (χ4n) is 1.40. The van der Waals surface area contributed by atoms with Gasteiger partial charge < -0.3 is 9.64 Å². The summed E-state index contributed by atoms with van der Waals surface area (Å²) in [6, 6.07) is 0. The van der Waals surface area contributed by atoms with Gasteiger partial charge in [0.05, 0.1) is 6.61 Å². The van der Waals surface area contributed by atoms with Gasteiger partial charge in [0.2, 0.25) is 0 Å². The maximum absolute atomic E-state index is 11.5. The van der Waals surface area contributed by atoms with Crippen LogP contribution in [0.25, 0.3) is 0 Å². The monoisotopic (exact) mass is 197 g/mol. The van der Waals surface area contributed by atoms with E-state index in [1.165, 1.54) is 5.57 Å². The molecule has 3 heteroatoms. The molecule has 0 aliphatic carbocycles. The van der Waals surface area contributed by atoms with Crippen LogP contribution in [0.15, 0.2) is 12.2 Å². The summed E-state index contributed by atoms with van der Waals surface area (Å²) in [5.74, 6) is 0. The summed E-state index contributed by atoms with van der Waals surface area (Å²) in [5.41, 5.74) is 1.24. The molecule has 14 heavy (non-hydrogen) atoms. The van der Waals surface area contributed by atoms with E-state index in [2.05, 4.69) is 13.5 Å². The Bertz CT molecular complexity index is 203. The lowest BCUT2D eigenvalue weighted by Crippen LogP contribution is -2.36. The van der Waals surface area contributed by atoms with Crippen molar-refractivity contribution in [2.45, 2.75) is 32.6 Å². The Morgan fingerprint density at radius 2 is 2.14 bits per heavy atom. The highest BCUT2D eigenvalue weighted by Gasteiger charge is 2.18. The molecule has 1 fully saturated rings. The van der Waals surface area contributed by atoms with Crippen LogP contribution in [0.2, 0.25) is 0 Å². The second-order valence-electron chi connectivity index (χ2n) is 3.70. The first-order valence-corrected chi connectivity index (χ1v) is 5.32. The molecule has 1 heterocycles. The molecule has 1 aliphatic heterocycles. The Kier molecular flexibility index (Phi) is 4.50. The Hall–Kier alpha value is -0.990. The zero-order chi connectivity index (χ0) is 10.4. The van der Waals surface area contributed by atoms with E-state index in [-0.39, 0.29) is 6.09 Å². The third-order valence-corrected chi connectivity index (χ3v) is 2.45. The summed E-state index contributed by atoms with van der Waals surface area (Å²) < 4.78 is 5.11. The summed E-state index contributed by atoms with van der Waals surface area (Å²) >= 11 is 0. The molecule has 0 bridgehead atoms. The Morgan fingerprint density at radius 1 is 1.50 bits per heavy atom. The van der Waals surface area contributed by atoms with Crippen LogP contribution in [0.1, 0.15) is 32.6 Å². The number of amides is 1. The summed E-state index contributed by atoms with van der Waals surface area (Å²) in [6.07, 6.45) is 3.69. The van der Waals surface area contributed by atoms with Gasteiger partial charge >= 0.3 is 6.09 Å². The molecule has 0 aromatic heterocycles. The number of rotatable bonds is 3. The SMILES string of the molecule is C=C1CCN(C(=O)OCCCC)CC1. The van der Waals surface area contributed by atoms with Gasteiger partial charge in [0.25, 0.3) is 0 Å². The van der Waals surface area contributed by atoms with Crippen molar-refractivity contribution in [1.82, 2.24) is 4.90 Å². The molecule has 1 aliphatic rings. The highest BCUT2D eigenvalue weighted by Crippen LogP contribution is 2.14. The van der Waals surface area contributed by atoms with E-state index in [0.29, 0.717) is 6.61 Å². The van der Waals surface area contributed by atoms with E-state index >= 15 is 0 Å². The van der Waals surface area contributed by atoms with E-state index in [1.807, 2.05) is 0 Å². The standard InChI is InChI=1S/C11H19NO2/c1-3-4-9-14-11(13)12-7-5-10(2)6-8-12/h2-9H2,1H3. The number of nitrogens with zero attached hydrogens (tertiary/aromatic N) is 1. The lowest BCUT2D eigenvalue weighted by Gasteiger charge is -2.27. The number of carbonyl (C=O) groups excluding carboxylic acids is 1. The van der Waals surface area contributed by atoms with Gasteiger partial charge in [-0.25, -0.2) is 4.79 Å². The van der Waals surface area contributed by atoms with E-state index in [9.17, 15) is 4.79 Å². The normalized spacial score (nSPS) is 16.9. The molecule has 0 N–H and O–H groups in total. The van der Waals surface area contributed by atoms with Gasteiger partial charge in [0.15, 0.2) is 0 Å². The van der Waals surface area contributed by atoms with E-state index < -0.39 is 0 Å². The first-order valence-electron chi connectivity index (χ1n) is 5.32. The maximum atomic E-state index is 11.5. The van der Waals surface area contributed by atoms with Crippen LogP contribution < -0.4 is 0 Å². The zero-order valence-corrected chi connectivity index (χ0v) is 8.92. The smallest absolute Gasteiger partial charge is 0.409 e. The number of hydrogen-bond donors (Lipinski definition) is 0. The minimum absolute atomic E-state index is 0.161. The third-order valence-electron chi connectivity index (χ3n) is 2.45. The second kappa shape index (κ2) is 5.68. The van der Waals surface area contributed by atoms with E-state index in [1.54, 1.807) is 4.90 Å². The average molecular weight is 197 g/mol. The Morgan fingerprint density at radius 3 is 2.71 bits per heavy atom. The van der Waals surface area contributed by atoms with Crippen LogP contribution in [-0.4, -0.2) is 30.7 Å². The summed E-state index contributed by atoms with van der Waals surface area (Å²) in [5, 5.41) is 0. The fraction of sp³-hybridized carbons (Fsp3) is 0.727. The molecule has 1 rings (SSSR count). The predicted octanol–water partition coefficient (Wildman–Crippen LogP) is 2.58. The summed E-state index contributed by atoms with van der Waals surface area (Å²) in [4.78, 5) is 13.2. The molecule has 1 amide bonds. The molecule has 0 atom stereocenters. The van der Waals surface area contributed by atoms with Crippen LogP contribution >= 0.6 is 0 Å². The molecule has 1 saturated heterocycles. The van der Waals surface area contributed by atoms with Crippen LogP contribution in [0.5, 0.6) is 0 Å². The van der Waals surface area contributed by atoms with Crippen molar-refractivity contribution in [1.29, 1.82) is 0 Å². The van der Waals surface area contributed by atoms with Gasteiger partial charge in [0.1, 0.15) is 0 Å². The highest BCUT2D eigenvalue weighted by atomic mass is 16.6. The fourth-order valence-corrected chi connectivity index (χ4v) is 1.40. The first-order chi connectivity index (χ1) is 6.74. The van der Waals surface area contributed by atoms with Crippen molar-refractivity contribution in [2.75, 3.05) is 19.7 Å². The molecule has 0 radical (unpaired) electrons. The molecule has 0 aromatic carbocycles. The minimum Gasteiger partial charge on any atom is -0.449 e. The quantitative estimate of drug-likeness (QED) is 0.514. The van der Waals surface area contributed by atoms with Gasteiger partial charge in [-0.1, -0.05) is 25.5 Å². The lowest BCUT2D eigenvalue weighted by molar-refractivity contribution is 0.0983. The van der Waals surface area contributed by atoms with Crippen molar-refractivity contribution in [3.63, 3.8) is 0 Å². The lowest BCUT2D eigenvalue weighted by atomic mass is 10.1. The Balaban J connectivity index is 2.20. The van der Waals surface area contributed by atoms with Crippen molar-refractivity contribution in [2.24, 2.45) is 0 Å². The molecule has 0 saturated carbocycles. The van der Waals surface area contributed by atoms with E-state index in [0.717, 1.165) is 38.8 Å². The molecular formula is C11H19NO2. The molecule has 0 unspecified atom stereocenters. The summed E-state index contributed by atoms with van der Waals surface area (Å²) in [7, 11) is 0. The zero-order valence-electron chi connectivity index (χ0n) is 8.92. The molecule has 80 valence electrons. The minimum atomic E-state index is -0.161. The topological polar surface area (TPSA) is 29.5 Å². The third kappa shape index (κ3) is 3.40. The number of carbonyl (C=O) groups is 1. The molecule has 3 nitrogen and oxygen atoms in total. The maximum Gasteiger partial charge on any atom is 0.409 e. The number of likely N-dealkylation sites (tertiary alicyclic amines) is 1. The van der Waals surface area contributed by atoms with Gasteiger partial charge in [-0.3, -0.25) is 0 Å². The molecular weight excluding hydrogens is 178 g/mol. The second-order valence-corrected chi connectivity index (χ2v) is 3.70. The van der Waals surface area contributed by atoms with Gasteiger partial charge in [0, 0.05) is 13.1 Å². The Labute approximate surface area is 85.7 Å². The number of unbranched alkanes of at least 4 members (excludes halogenated alkanes) is 1. The van der Waals surface area contributed by atoms with Crippen molar-refractivity contribution in [3.8, 4) is 0 Å². The molecule has 0 spiro atoms. The van der Waals surface area contributed by atoms with Crippen molar-refractivity contribution >= 4 is 6.09 Å². The number of ether oxygens (including phenoxy) is 1. The van der Waals surface area contributed by atoms with Crippen LogP contribution in [0, 0.1) is 0 Å². The number of hydrogen-bond acceptors (Lipinski definition) is 2. The highest BCUT2D eigenvalue weighted by molar-refractivity contribution is 5.67. The van der Waals surface area contributed by atoms with Crippen LogP contribution in [0.4, 0.5) is 4.79 Å². The largest absolute Gasteiger partial charge is 0.449 e. The van der Waals surface area contributed by atoms with Gasteiger partial charge in [-0.05, 0) is 19.3 Å². The van der Waals surface area contributed by atoms with Gasteiger partial charge in [-0.2, -0.15) is 0 Å².